The predicted octanol–water partition coefficient (Wildman–Crippen LogP) is 5.13. The van der Waals surface area contributed by atoms with Gasteiger partial charge < -0.3 is 19.1 Å². The highest BCUT2D eigenvalue weighted by Crippen LogP contribution is 2.47. The van der Waals surface area contributed by atoms with Gasteiger partial charge in [-0.2, -0.15) is 9.97 Å². The minimum Gasteiger partial charge on any atom is -0.463 e. The van der Waals surface area contributed by atoms with Crippen molar-refractivity contribution in [2.24, 2.45) is 5.41 Å². The maximum Gasteiger partial charge on any atom is 0.410 e. The first-order valence-electron chi connectivity index (χ1n) is 14.0. The molecule has 1 aromatic heterocycles. The van der Waals surface area contributed by atoms with E-state index >= 15 is 0 Å². The number of carbonyl (C=O) groups is 1. The number of amides is 1. The molecule has 2 bridgehead atoms. The summed E-state index contributed by atoms with van der Waals surface area (Å²) in [5.41, 5.74) is 0.425. The molecular formula is C28H37BrClN5O4. The van der Waals surface area contributed by atoms with Crippen molar-refractivity contribution in [1.82, 2.24) is 19.8 Å². The Morgan fingerprint density at radius 1 is 1.15 bits per heavy atom. The zero-order chi connectivity index (χ0) is 27.4. The summed E-state index contributed by atoms with van der Waals surface area (Å²) < 4.78 is 18.4. The van der Waals surface area contributed by atoms with E-state index in [0.29, 0.717) is 30.7 Å². The number of piperazine rings is 1. The Hall–Kier alpha value is -1.88. The largest absolute Gasteiger partial charge is 0.463 e. The molecule has 1 aromatic carbocycles. The third-order valence-corrected chi connectivity index (χ3v) is 9.41. The van der Waals surface area contributed by atoms with Gasteiger partial charge in [0.1, 0.15) is 11.4 Å². The van der Waals surface area contributed by atoms with Gasteiger partial charge in [-0.3, -0.25) is 9.80 Å². The van der Waals surface area contributed by atoms with Gasteiger partial charge in [-0.15, -0.1) is 0 Å². The predicted molar refractivity (Wildman–Crippen MR) is 154 cm³/mol. The van der Waals surface area contributed by atoms with Gasteiger partial charge in [-0.25, -0.2) is 4.79 Å². The number of halogens is 2. The Balaban J connectivity index is 1.23. The Labute approximate surface area is 243 Å². The van der Waals surface area contributed by atoms with Gasteiger partial charge in [0.15, 0.2) is 0 Å². The quantitative estimate of drug-likeness (QED) is 0.439. The number of carbonyl (C=O) groups excluding carboxylic acids is 1. The number of hydrogen-bond donors (Lipinski definition) is 0. The summed E-state index contributed by atoms with van der Waals surface area (Å²) in [5, 5.41) is 1.49. The Bertz CT molecular complexity index is 1230. The fourth-order valence-electron chi connectivity index (χ4n) is 6.06. The molecule has 4 fully saturated rings. The summed E-state index contributed by atoms with van der Waals surface area (Å²) in [5.74, 6) is 0.808. The molecule has 4 aliphatic rings. The van der Waals surface area contributed by atoms with Crippen LogP contribution in [0.25, 0.3) is 10.9 Å². The first kappa shape index (κ1) is 27.3. The van der Waals surface area contributed by atoms with Crippen LogP contribution in [0.2, 0.25) is 5.02 Å². The molecule has 2 aromatic rings. The molecule has 2 unspecified atom stereocenters. The normalized spacial score (nSPS) is 24.7. The van der Waals surface area contributed by atoms with Gasteiger partial charge in [-0.05, 0) is 74.5 Å². The van der Waals surface area contributed by atoms with Gasteiger partial charge in [0.25, 0.3) is 0 Å². The van der Waals surface area contributed by atoms with Crippen LogP contribution in [0.4, 0.5) is 10.6 Å². The summed E-state index contributed by atoms with van der Waals surface area (Å²) in [4.78, 5) is 29.4. The number of fused-ring (bicyclic) bond motifs is 3. The summed E-state index contributed by atoms with van der Waals surface area (Å²) in [6.07, 6.45) is 3.98. The van der Waals surface area contributed by atoms with Crippen molar-refractivity contribution in [3.63, 3.8) is 0 Å². The smallest absolute Gasteiger partial charge is 0.410 e. The van der Waals surface area contributed by atoms with Crippen molar-refractivity contribution < 1.29 is 19.0 Å². The lowest BCUT2D eigenvalue weighted by molar-refractivity contribution is 0.0123. The van der Waals surface area contributed by atoms with E-state index in [9.17, 15) is 4.79 Å². The molecule has 0 N–H and O–H groups in total. The zero-order valence-corrected chi connectivity index (χ0v) is 25.3. The third-order valence-electron chi connectivity index (χ3n) is 8.21. The SMILES string of the molecule is CC(C)(C)OC(=O)N1C2CCC1CN(c1nc(OCC3(CN4CCOCC4)CC3)nc3cc(Br)c(Cl)cc13)C2. The lowest BCUT2D eigenvalue weighted by atomic mass is 10.1. The Morgan fingerprint density at radius 3 is 2.49 bits per heavy atom. The van der Waals surface area contributed by atoms with Gasteiger partial charge in [-0.1, -0.05) is 11.6 Å². The van der Waals surface area contributed by atoms with Gasteiger partial charge in [0.05, 0.1) is 42.4 Å². The average molecular weight is 623 g/mol. The third kappa shape index (κ3) is 5.94. The first-order chi connectivity index (χ1) is 18.6. The van der Waals surface area contributed by atoms with Crippen LogP contribution < -0.4 is 9.64 Å². The highest BCUT2D eigenvalue weighted by Gasteiger charge is 2.46. The molecule has 1 saturated carbocycles. The number of hydrogen-bond acceptors (Lipinski definition) is 8. The van der Waals surface area contributed by atoms with Crippen LogP contribution in [0, 0.1) is 5.41 Å². The number of nitrogens with zero attached hydrogens (tertiary/aromatic N) is 5. The number of rotatable bonds is 6. The number of benzene rings is 1. The summed E-state index contributed by atoms with van der Waals surface area (Å²) in [6.45, 7) is 12.3. The minimum atomic E-state index is -0.520. The molecule has 212 valence electrons. The average Bonchev–Trinajstić information content (AvgIpc) is 3.59. The van der Waals surface area contributed by atoms with Crippen molar-refractivity contribution in [1.29, 1.82) is 0 Å². The van der Waals surface area contributed by atoms with Gasteiger partial charge >= 0.3 is 12.1 Å². The van der Waals surface area contributed by atoms with Crippen molar-refractivity contribution in [2.45, 2.75) is 64.1 Å². The molecule has 3 aliphatic heterocycles. The van der Waals surface area contributed by atoms with Crippen LogP contribution in [-0.2, 0) is 9.47 Å². The lowest BCUT2D eigenvalue weighted by Crippen LogP contribution is -2.57. The molecule has 11 heteroatoms. The molecule has 39 heavy (non-hydrogen) atoms. The maximum absolute atomic E-state index is 13.0. The summed E-state index contributed by atoms with van der Waals surface area (Å²) in [6, 6.07) is 4.39. The van der Waals surface area contributed by atoms with Crippen LogP contribution in [0.15, 0.2) is 16.6 Å². The molecule has 2 atom stereocenters. The second-order valence-electron chi connectivity index (χ2n) is 12.5. The van der Waals surface area contributed by atoms with E-state index in [1.807, 2.05) is 37.8 Å². The number of anilines is 1. The van der Waals surface area contributed by atoms with E-state index in [1.165, 1.54) is 0 Å². The summed E-state index contributed by atoms with van der Waals surface area (Å²) in [7, 11) is 0. The molecule has 0 radical (unpaired) electrons. The second-order valence-corrected chi connectivity index (χ2v) is 13.7. The van der Waals surface area contributed by atoms with E-state index < -0.39 is 5.60 Å². The van der Waals surface area contributed by atoms with Gasteiger partial charge in [0, 0.05) is 48.0 Å². The fourth-order valence-corrected chi connectivity index (χ4v) is 6.55. The van der Waals surface area contributed by atoms with Crippen LogP contribution in [-0.4, -0.2) is 96.1 Å². The first-order valence-corrected chi connectivity index (χ1v) is 15.1. The molecular weight excluding hydrogens is 586 g/mol. The van der Waals surface area contributed by atoms with Gasteiger partial charge in [0.2, 0.25) is 0 Å². The summed E-state index contributed by atoms with van der Waals surface area (Å²) >= 11 is 10.1. The van der Waals surface area contributed by atoms with Crippen LogP contribution in [0.3, 0.4) is 0 Å². The Morgan fingerprint density at radius 2 is 1.85 bits per heavy atom. The molecule has 6 rings (SSSR count). The highest BCUT2D eigenvalue weighted by atomic mass is 79.9. The zero-order valence-electron chi connectivity index (χ0n) is 22.9. The van der Waals surface area contributed by atoms with E-state index in [1.54, 1.807) is 0 Å². The van der Waals surface area contributed by atoms with E-state index in [-0.39, 0.29) is 23.6 Å². The van der Waals surface area contributed by atoms with E-state index in [2.05, 4.69) is 25.7 Å². The molecule has 1 amide bonds. The highest BCUT2D eigenvalue weighted by molar-refractivity contribution is 9.10. The van der Waals surface area contributed by atoms with Crippen molar-refractivity contribution in [2.75, 3.05) is 57.4 Å². The number of morpholine rings is 1. The van der Waals surface area contributed by atoms with E-state index in [0.717, 1.165) is 79.7 Å². The standard InChI is InChI=1S/C28H37BrClN5O4/c1-27(2,3)39-26(36)35-18-4-5-19(35)15-34(14-18)24-20-12-22(30)21(29)13-23(20)31-25(32-24)38-17-28(6-7-28)16-33-8-10-37-11-9-33/h12-13,18-19H,4-11,14-17H2,1-3H3. The minimum absolute atomic E-state index is 0.0714. The van der Waals surface area contributed by atoms with E-state index in [4.69, 9.17) is 35.8 Å². The Kier molecular flexibility index (Phi) is 7.35. The van der Waals surface area contributed by atoms with Crippen molar-refractivity contribution >= 4 is 50.3 Å². The molecule has 0 spiro atoms. The topological polar surface area (TPSA) is 80.3 Å². The van der Waals surface area contributed by atoms with Crippen LogP contribution in [0.5, 0.6) is 6.01 Å². The fraction of sp³-hybridized carbons (Fsp3) is 0.679. The molecule has 3 saturated heterocycles. The maximum atomic E-state index is 13.0. The molecule has 9 nitrogen and oxygen atoms in total. The molecule has 1 aliphatic carbocycles. The van der Waals surface area contributed by atoms with Crippen molar-refractivity contribution in [3.05, 3.63) is 21.6 Å². The number of ether oxygens (including phenoxy) is 3. The second kappa shape index (κ2) is 10.5. The monoisotopic (exact) mass is 621 g/mol. The van der Waals surface area contributed by atoms with Crippen molar-refractivity contribution in [3.8, 4) is 6.01 Å². The van der Waals surface area contributed by atoms with Crippen LogP contribution in [0.1, 0.15) is 46.5 Å². The number of aromatic nitrogens is 2. The lowest BCUT2D eigenvalue weighted by Gasteiger charge is -2.42. The van der Waals surface area contributed by atoms with Crippen LogP contribution >= 0.6 is 27.5 Å². The molecule has 4 heterocycles.